The molecule has 0 bridgehead atoms. The summed E-state index contributed by atoms with van der Waals surface area (Å²) in [5, 5.41) is 16.5. The van der Waals surface area contributed by atoms with Crippen molar-refractivity contribution >= 4 is 34.1 Å². The van der Waals surface area contributed by atoms with Gasteiger partial charge in [0.15, 0.2) is 0 Å². The van der Waals surface area contributed by atoms with Crippen LogP contribution in [-0.2, 0) is 18.5 Å². The normalized spacial score (nSPS) is 11.6. The Hall–Kier alpha value is -4.94. The van der Waals surface area contributed by atoms with Gasteiger partial charge in [-0.3, -0.25) is 4.79 Å². The number of aromatic carboxylic acids is 1. The van der Waals surface area contributed by atoms with Gasteiger partial charge in [-0.25, -0.2) is 4.79 Å². The summed E-state index contributed by atoms with van der Waals surface area (Å²) >= 11 is 1.61. The average Bonchev–Trinajstić information content (AvgIpc) is 3.67. The molecule has 0 fully saturated rings. The minimum absolute atomic E-state index is 0.00182. The Labute approximate surface area is 267 Å². The number of carboxylic acid groups (broad SMARTS) is 1. The van der Waals surface area contributed by atoms with Crippen LogP contribution in [0.3, 0.4) is 0 Å². The highest BCUT2D eigenvalue weighted by molar-refractivity contribution is 7.09. The summed E-state index contributed by atoms with van der Waals surface area (Å²) in [4.78, 5) is 27.0. The van der Waals surface area contributed by atoms with Crippen LogP contribution in [0.4, 0.5) is 0 Å². The molecule has 1 amide bonds. The Balaban J connectivity index is 1.37. The smallest absolute Gasteiger partial charge is 0.353 e. The summed E-state index contributed by atoms with van der Waals surface area (Å²) in [5.74, 6) is -1.08. The number of carboxylic acids is 1. The minimum atomic E-state index is -0.962. The molecular formula is C39H36N2O3S. The quantitative estimate of drug-likeness (QED) is 0.180. The molecule has 6 heteroatoms. The van der Waals surface area contributed by atoms with E-state index in [2.05, 4.69) is 56.4 Å². The number of nitrogens with zero attached hydrogens (tertiary/aromatic N) is 1. The number of thiophene rings is 1. The van der Waals surface area contributed by atoms with Crippen LogP contribution in [0, 0.1) is 6.92 Å². The lowest BCUT2D eigenvalue weighted by atomic mass is 9.86. The van der Waals surface area contributed by atoms with Gasteiger partial charge in [0.2, 0.25) is 0 Å². The van der Waals surface area contributed by atoms with Crippen molar-refractivity contribution in [2.75, 3.05) is 0 Å². The minimum Gasteiger partial charge on any atom is -0.477 e. The van der Waals surface area contributed by atoms with Gasteiger partial charge < -0.3 is 15.0 Å². The van der Waals surface area contributed by atoms with Gasteiger partial charge in [-0.15, -0.1) is 11.3 Å². The molecule has 0 atom stereocenters. The summed E-state index contributed by atoms with van der Waals surface area (Å²) in [6.07, 6.45) is 0. The number of nitrogens with one attached hydrogen (secondary N) is 1. The van der Waals surface area contributed by atoms with Gasteiger partial charge in [-0.2, -0.15) is 0 Å². The Morgan fingerprint density at radius 1 is 0.822 bits per heavy atom. The Bertz CT molecular complexity index is 2010. The van der Waals surface area contributed by atoms with Crippen LogP contribution in [0.5, 0.6) is 0 Å². The fourth-order valence-corrected chi connectivity index (χ4v) is 6.48. The fraction of sp³-hybridized carbons (Fsp3) is 0.179. The first-order valence-electron chi connectivity index (χ1n) is 15.1. The third kappa shape index (κ3) is 6.19. The number of hydrogen-bond acceptors (Lipinski definition) is 3. The van der Waals surface area contributed by atoms with Crippen LogP contribution >= 0.6 is 11.3 Å². The number of aromatic nitrogens is 1. The van der Waals surface area contributed by atoms with Crippen LogP contribution in [-0.4, -0.2) is 21.6 Å². The first kappa shape index (κ1) is 30.1. The van der Waals surface area contributed by atoms with Crippen molar-refractivity contribution in [1.82, 2.24) is 9.88 Å². The van der Waals surface area contributed by atoms with Gasteiger partial charge in [-0.05, 0) is 81.4 Å². The van der Waals surface area contributed by atoms with E-state index in [-0.39, 0.29) is 17.0 Å². The second-order valence-corrected chi connectivity index (χ2v) is 13.5. The molecular weight excluding hydrogens is 577 g/mol. The zero-order valence-electron chi connectivity index (χ0n) is 25.9. The molecule has 0 aliphatic carbocycles. The van der Waals surface area contributed by atoms with E-state index in [1.807, 2.05) is 89.7 Å². The molecule has 0 saturated carbocycles. The lowest BCUT2D eigenvalue weighted by Crippen LogP contribution is -2.22. The van der Waals surface area contributed by atoms with Crippen molar-refractivity contribution < 1.29 is 14.7 Å². The molecule has 0 unspecified atom stereocenters. The number of carbonyl (C=O) groups excluding carboxylic acids is 1. The number of rotatable bonds is 8. The summed E-state index contributed by atoms with van der Waals surface area (Å²) in [6, 6.07) is 34.0. The Morgan fingerprint density at radius 2 is 1.56 bits per heavy atom. The van der Waals surface area contributed by atoms with Crippen molar-refractivity contribution in [3.8, 4) is 22.3 Å². The van der Waals surface area contributed by atoms with Crippen molar-refractivity contribution in [2.24, 2.45) is 0 Å². The zero-order valence-corrected chi connectivity index (χ0v) is 26.7. The molecule has 2 heterocycles. The van der Waals surface area contributed by atoms with Crippen LogP contribution in [0.2, 0.25) is 0 Å². The van der Waals surface area contributed by atoms with Crippen molar-refractivity contribution in [1.29, 1.82) is 0 Å². The van der Waals surface area contributed by atoms with Crippen LogP contribution in [0.15, 0.2) is 109 Å². The summed E-state index contributed by atoms with van der Waals surface area (Å²) in [5.41, 5.74) is 8.52. The predicted molar refractivity (Wildman–Crippen MR) is 184 cm³/mol. The van der Waals surface area contributed by atoms with Gasteiger partial charge in [0, 0.05) is 33.5 Å². The second kappa shape index (κ2) is 12.2. The molecule has 2 N–H and O–H groups in total. The maximum absolute atomic E-state index is 12.9. The zero-order chi connectivity index (χ0) is 31.7. The molecule has 6 rings (SSSR count). The largest absolute Gasteiger partial charge is 0.477 e. The predicted octanol–water partition coefficient (Wildman–Crippen LogP) is 9.32. The highest BCUT2D eigenvalue weighted by atomic mass is 32.1. The number of amides is 1. The van der Waals surface area contributed by atoms with Gasteiger partial charge in [0.25, 0.3) is 5.91 Å². The highest BCUT2D eigenvalue weighted by Gasteiger charge is 2.24. The maximum atomic E-state index is 12.9. The molecule has 6 aromatic rings. The molecule has 0 aliphatic heterocycles. The molecule has 5 nitrogen and oxygen atoms in total. The maximum Gasteiger partial charge on any atom is 0.353 e. The highest BCUT2D eigenvalue weighted by Crippen LogP contribution is 2.37. The molecule has 2 aromatic heterocycles. The van der Waals surface area contributed by atoms with Crippen molar-refractivity contribution in [3.05, 3.63) is 141 Å². The number of fused-ring (bicyclic) bond motifs is 1. The van der Waals surface area contributed by atoms with Crippen LogP contribution in [0.25, 0.3) is 33.2 Å². The van der Waals surface area contributed by atoms with Gasteiger partial charge >= 0.3 is 5.97 Å². The van der Waals surface area contributed by atoms with Gasteiger partial charge in [0.05, 0.1) is 6.54 Å². The van der Waals surface area contributed by atoms with Crippen molar-refractivity contribution in [2.45, 2.75) is 46.2 Å². The summed E-state index contributed by atoms with van der Waals surface area (Å²) in [7, 11) is 0. The SMILES string of the molecule is Cc1ccc(-c2cccc(C(=O)NCc3cccs3)c2)cc1Cn1c(C(=O)O)c(-c2ccc(C(C)(C)C)cc2)c2ccccc21. The molecule has 0 saturated heterocycles. The lowest BCUT2D eigenvalue weighted by molar-refractivity contribution is 0.0687. The fourth-order valence-electron chi connectivity index (χ4n) is 5.83. The summed E-state index contributed by atoms with van der Waals surface area (Å²) < 4.78 is 1.92. The first-order valence-corrected chi connectivity index (χ1v) is 15.9. The van der Waals surface area contributed by atoms with Crippen molar-refractivity contribution in [3.63, 3.8) is 0 Å². The van der Waals surface area contributed by atoms with E-state index in [9.17, 15) is 14.7 Å². The molecule has 0 radical (unpaired) electrons. The molecule has 0 aliphatic rings. The number of para-hydroxylation sites is 1. The van der Waals surface area contributed by atoms with E-state index in [1.54, 1.807) is 11.3 Å². The number of hydrogen-bond donors (Lipinski definition) is 2. The average molecular weight is 613 g/mol. The molecule has 226 valence electrons. The number of benzene rings is 4. The number of carbonyl (C=O) groups is 2. The standard InChI is InChI=1S/C39H36N2O3S/c1-25-14-15-28(27-9-7-10-29(21-27)37(42)40-23-32-11-8-20-45-32)22-30(25)24-41-34-13-6-5-12-33(34)35(36(41)38(43)44)26-16-18-31(19-17-26)39(2,3)4/h5-22H,23-24H2,1-4H3,(H,40,42)(H,43,44). The topological polar surface area (TPSA) is 71.3 Å². The summed E-state index contributed by atoms with van der Waals surface area (Å²) in [6.45, 7) is 9.45. The van der Waals surface area contributed by atoms with E-state index in [0.29, 0.717) is 18.7 Å². The molecule has 4 aromatic carbocycles. The van der Waals surface area contributed by atoms with E-state index < -0.39 is 5.97 Å². The first-order chi connectivity index (χ1) is 21.6. The monoisotopic (exact) mass is 612 g/mol. The Morgan fingerprint density at radius 3 is 2.27 bits per heavy atom. The second-order valence-electron chi connectivity index (χ2n) is 12.4. The number of aryl methyl sites for hydroxylation is 1. The van der Waals surface area contributed by atoms with Gasteiger partial charge in [0.1, 0.15) is 5.69 Å². The molecule has 45 heavy (non-hydrogen) atoms. The van der Waals surface area contributed by atoms with Crippen LogP contribution in [0.1, 0.15) is 63.2 Å². The third-order valence-electron chi connectivity index (χ3n) is 8.35. The third-order valence-corrected chi connectivity index (χ3v) is 9.23. The lowest BCUT2D eigenvalue weighted by Gasteiger charge is -2.19. The molecule has 0 spiro atoms. The van der Waals surface area contributed by atoms with E-state index >= 15 is 0 Å². The van der Waals surface area contributed by atoms with Gasteiger partial charge in [-0.1, -0.05) is 93.6 Å². The Kier molecular flexibility index (Phi) is 8.17. The van der Waals surface area contributed by atoms with E-state index in [4.69, 9.17) is 0 Å². The van der Waals surface area contributed by atoms with E-state index in [1.165, 1.54) is 5.56 Å². The van der Waals surface area contributed by atoms with Crippen LogP contribution < -0.4 is 5.32 Å². The van der Waals surface area contributed by atoms with E-state index in [0.717, 1.165) is 49.2 Å².